The van der Waals surface area contributed by atoms with E-state index in [1.807, 2.05) is 6.20 Å². The van der Waals surface area contributed by atoms with Crippen LogP contribution < -0.4 is 5.32 Å². The molecule has 0 aliphatic carbocycles. The molecule has 0 saturated carbocycles. The molecule has 0 unspecified atom stereocenters. The molecular weight excluding hydrogens is 240 g/mol. The Morgan fingerprint density at radius 2 is 2.11 bits per heavy atom. The topological polar surface area (TPSA) is 42.3 Å². The maximum Gasteiger partial charge on any atom is 0.0594 e. The van der Waals surface area contributed by atoms with Crippen LogP contribution in [0, 0.1) is 6.92 Å². The van der Waals surface area contributed by atoms with Crippen molar-refractivity contribution in [3.05, 3.63) is 17.5 Å². The maximum absolute atomic E-state index is 5.34. The van der Waals surface area contributed by atoms with Gasteiger partial charge in [-0.2, -0.15) is 5.10 Å². The summed E-state index contributed by atoms with van der Waals surface area (Å²) in [4.78, 5) is 2.45. The van der Waals surface area contributed by atoms with Gasteiger partial charge in [0.2, 0.25) is 0 Å². The molecule has 1 N–H and O–H groups in total. The van der Waals surface area contributed by atoms with Gasteiger partial charge < -0.3 is 10.1 Å². The van der Waals surface area contributed by atoms with Crippen molar-refractivity contribution < 1.29 is 4.74 Å². The maximum atomic E-state index is 5.34. The van der Waals surface area contributed by atoms with Crippen LogP contribution in [0.4, 0.5) is 0 Å². The lowest BCUT2D eigenvalue weighted by Gasteiger charge is -2.26. The zero-order valence-electron chi connectivity index (χ0n) is 12.4. The second-order valence-electron chi connectivity index (χ2n) is 5.42. The third kappa shape index (κ3) is 4.03. The molecule has 19 heavy (non-hydrogen) atoms. The van der Waals surface area contributed by atoms with Gasteiger partial charge in [0.25, 0.3) is 0 Å². The van der Waals surface area contributed by atoms with Crippen molar-refractivity contribution in [2.24, 2.45) is 0 Å². The van der Waals surface area contributed by atoms with Crippen molar-refractivity contribution in [3.63, 3.8) is 0 Å². The molecule has 0 radical (unpaired) electrons. The minimum absolute atomic E-state index is 0.432. The first-order valence-corrected chi connectivity index (χ1v) is 7.22. The third-order valence-electron chi connectivity index (χ3n) is 3.66. The Morgan fingerprint density at radius 1 is 1.37 bits per heavy atom. The van der Waals surface area contributed by atoms with E-state index in [4.69, 9.17) is 4.74 Å². The molecule has 1 aromatic heterocycles. The molecule has 1 saturated heterocycles. The van der Waals surface area contributed by atoms with E-state index in [-0.39, 0.29) is 0 Å². The zero-order valence-corrected chi connectivity index (χ0v) is 12.4. The fourth-order valence-corrected chi connectivity index (χ4v) is 2.44. The van der Waals surface area contributed by atoms with Crippen LogP contribution in [0.15, 0.2) is 6.20 Å². The van der Waals surface area contributed by atoms with Gasteiger partial charge in [-0.15, -0.1) is 0 Å². The molecule has 0 spiro atoms. The molecule has 1 aliphatic rings. The predicted octanol–water partition coefficient (Wildman–Crippen LogP) is 1.19. The van der Waals surface area contributed by atoms with E-state index in [0.29, 0.717) is 6.04 Å². The normalized spacial score (nSPS) is 17.3. The summed E-state index contributed by atoms with van der Waals surface area (Å²) in [5, 5.41) is 7.94. The lowest BCUT2D eigenvalue weighted by molar-refractivity contribution is 0.0384. The largest absolute Gasteiger partial charge is 0.379 e. The minimum atomic E-state index is 0.432. The number of nitrogens with zero attached hydrogens (tertiary/aromatic N) is 3. The first-order chi connectivity index (χ1) is 9.18. The standard InChI is InChI=1S/C14H26N4O/c1-12(2)18-13(3)14(11-16-18)10-15-4-5-17-6-8-19-9-7-17/h11-12,15H,4-10H2,1-3H3. The fraction of sp³-hybridized carbons (Fsp3) is 0.786. The lowest BCUT2D eigenvalue weighted by atomic mass is 10.2. The Labute approximate surface area is 115 Å². The van der Waals surface area contributed by atoms with E-state index >= 15 is 0 Å². The Morgan fingerprint density at radius 3 is 2.74 bits per heavy atom. The highest BCUT2D eigenvalue weighted by atomic mass is 16.5. The molecule has 108 valence electrons. The summed E-state index contributed by atoms with van der Waals surface area (Å²) < 4.78 is 7.43. The summed E-state index contributed by atoms with van der Waals surface area (Å²) in [6, 6.07) is 0.432. The highest BCUT2D eigenvalue weighted by Crippen LogP contribution is 2.12. The second kappa shape index (κ2) is 7.03. The highest BCUT2D eigenvalue weighted by molar-refractivity contribution is 5.16. The van der Waals surface area contributed by atoms with Gasteiger partial charge in [0.1, 0.15) is 0 Å². The Kier molecular flexibility index (Phi) is 5.36. The van der Waals surface area contributed by atoms with Gasteiger partial charge in [0.05, 0.1) is 19.4 Å². The van der Waals surface area contributed by atoms with Gasteiger partial charge in [-0.05, 0) is 20.8 Å². The molecule has 0 aromatic carbocycles. The number of rotatable bonds is 6. The van der Waals surface area contributed by atoms with Crippen molar-refractivity contribution >= 4 is 0 Å². The number of nitrogens with one attached hydrogen (secondary N) is 1. The van der Waals surface area contributed by atoms with Gasteiger partial charge in [0, 0.05) is 50.0 Å². The molecular formula is C14H26N4O. The number of ether oxygens (including phenoxy) is 1. The third-order valence-corrected chi connectivity index (χ3v) is 3.66. The molecule has 1 aromatic rings. The summed E-state index contributed by atoms with van der Waals surface area (Å²) in [5.74, 6) is 0. The van der Waals surface area contributed by atoms with E-state index in [2.05, 4.69) is 40.8 Å². The number of hydrogen-bond acceptors (Lipinski definition) is 4. The van der Waals surface area contributed by atoms with Crippen LogP contribution in [0.1, 0.15) is 31.1 Å². The number of aromatic nitrogens is 2. The van der Waals surface area contributed by atoms with Crippen LogP contribution in [0.3, 0.4) is 0 Å². The summed E-state index contributed by atoms with van der Waals surface area (Å²) >= 11 is 0. The molecule has 1 aliphatic heterocycles. The van der Waals surface area contributed by atoms with Crippen molar-refractivity contribution in [1.29, 1.82) is 0 Å². The van der Waals surface area contributed by atoms with Crippen LogP contribution in [-0.4, -0.2) is 54.1 Å². The molecule has 1 fully saturated rings. The first-order valence-electron chi connectivity index (χ1n) is 7.22. The Bertz CT molecular complexity index is 383. The van der Waals surface area contributed by atoms with E-state index < -0.39 is 0 Å². The average molecular weight is 266 g/mol. The molecule has 2 heterocycles. The SMILES string of the molecule is Cc1c(CNCCN2CCOCC2)cnn1C(C)C. The summed E-state index contributed by atoms with van der Waals surface area (Å²) in [7, 11) is 0. The molecule has 0 bridgehead atoms. The van der Waals surface area contributed by atoms with E-state index in [9.17, 15) is 0 Å². The van der Waals surface area contributed by atoms with Crippen molar-refractivity contribution in [2.45, 2.75) is 33.4 Å². The van der Waals surface area contributed by atoms with Crippen molar-refractivity contribution in [2.75, 3.05) is 39.4 Å². The molecule has 0 amide bonds. The van der Waals surface area contributed by atoms with Gasteiger partial charge in [-0.25, -0.2) is 0 Å². The van der Waals surface area contributed by atoms with Gasteiger partial charge >= 0.3 is 0 Å². The highest BCUT2D eigenvalue weighted by Gasteiger charge is 2.10. The molecule has 5 heteroatoms. The van der Waals surface area contributed by atoms with E-state index in [1.54, 1.807) is 0 Å². The smallest absolute Gasteiger partial charge is 0.0594 e. The quantitative estimate of drug-likeness (QED) is 0.786. The van der Waals surface area contributed by atoms with Crippen LogP contribution in [0.5, 0.6) is 0 Å². The summed E-state index contributed by atoms with van der Waals surface area (Å²) in [6.07, 6.45) is 1.98. The minimum Gasteiger partial charge on any atom is -0.379 e. The van der Waals surface area contributed by atoms with Crippen LogP contribution in [0.25, 0.3) is 0 Å². The van der Waals surface area contributed by atoms with Crippen molar-refractivity contribution in [3.8, 4) is 0 Å². The fourth-order valence-electron chi connectivity index (χ4n) is 2.44. The second-order valence-corrected chi connectivity index (χ2v) is 5.42. The van der Waals surface area contributed by atoms with Crippen LogP contribution in [-0.2, 0) is 11.3 Å². The van der Waals surface area contributed by atoms with Gasteiger partial charge in [0.15, 0.2) is 0 Å². The Balaban J connectivity index is 1.70. The molecule has 0 atom stereocenters. The monoisotopic (exact) mass is 266 g/mol. The van der Waals surface area contributed by atoms with E-state index in [1.165, 1.54) is 11.3 Å². The number of morpholine rings is 1. The predicted molar refractivity (Wildman–Crippen MR) is 76.3 cm³/mol. The average Bonchev–Trinajstić information content (AvgIpc) is 2.77. The summed E-state index contributed by atoms with van der Waals surface area (Å²) in [5.41, 5.74) is 2.57. The summed E-state index contributed by atoms with van der Waals surface area (Å²) in [6.45, 7) is 13.4. The first kappa shape index (κ1) is 14.5. The number of hydrogen-bond donors (Lipinski definition) is 1. The Hall–Kier alpha value is -0.910. The van der Waals surface area contributed by atoms with Crippen molar-refractivity contribution in [1.82, 2.24) is 20.0 Å². The van der Waals surface area contributed by atoms with Gasteiger partial charge in [-0.1, -0.05) is 0 Å². The molecule has 5 nitrogen and oxygen atoms in total. The van der Waals surface area contributed by atoms with Gasteiger partial charge in [-0.3, -0.25) is 9.58 Å². The zero-order chi connectivity index (χ0) is 13.7. The van der Waals surface area contributed by atoms with Crippen LogP contribution >= 0.6 is 0 Å². The van der Waals surface area contributed by atoms with Crippen LogP contribution in [0.2, 0.25) is 0 Å². The molecule has 2 rings (SSSR count). The lowest BCUT2D eigenvalue weighted by Crippen LogP contribution is -2.40. The van der Waals surface area contributed by atoms with E-state index in [0.717, 1.165) is 45.9 Å².